The van der Waals surface area contributed by atoms with Gasteiger partial charge in [0.2, 0.25) is 5.91 Å². The predicted octanol–water partition coefficient (Wildman–Crippen LogP) is 1.32. The molecule has 1 amide bonds. The zero-order chi connectivity index (χ0) is 14.8. The Labute approximate surface area is 119 Å². The molecule has 2 saturated heterocycles. The van der Waals surface area contributed by atoms with E-state index >= 15 is 0 Å². The third-order valence-corrected chi connectivity index (χ3v) is 4.53. The van der Waals surface area contributed by atoms with Gasteiger partial charge in [0.1, 0.15) is 0 Å². The lowest BCUT2D eigenvalue weighted by Gasteiger charge is -2.44. The SMILES string of the molecule is CCN1CCC(N2CCC(NC(C)=O)C(F)(F)C2)CC1. The highest BCUT2D eigenvalue weighted by atomic mass is 19.3. The molecule has 2 aliphatic rings. The number of alkyl halides is 2. The molecule has 1 atom stereocenters. The third-order valence-electron chi connectivity index (χ3n) is 4.53. The number of nitrogens with one attached hydrogen (secondary N) is 1. The van der Waals surface area contributed by atoms with Crippen LogP contribution in [0, 0.1) is 0 Å². The van der Waals surface area contributed by atoms with Crippen LogP contribution in [0.15, 0.2) is 0 Å². The summed E-state index contributed by atoms with van der Waals surface area (Å²) < 4.78 is 28.2. The van der Waals surface area contributed by atoms with Crippen molar-refractivity contribution < 1.29 is 13.6 Å². The third kappa shape index (κ3) is 3.67. The number of nitrogens with zero attached hydrogens (tertiary/aromatic N) is 2. The molecular formula is C14H25F2N3O. The smallest absolute Gasteiger partial charge is 0.280 e. The molecule has 2 rings (SSSR count). The lowest BCUT2D eigenvalue weighted by molar-refractivity contribution is -0.131. The Morgan fingerprint density at radius 2 is 1.90 bits per heavy atom. The molecule has 0 aromatic heterocycles. The summed E-state index contributed by atoms with van der Waals surface area (Å²) >= 11 is 0. The van der Waals surface area contributed by atoms with E-state index in [1.807, 2.05) is 4.90 Å². The van der Waals surface area contributed by atoms with Crippen molar-refractivity contribution in [1.82, 2.24) is 15.1 Å². The second kappa shape index (κ2) is 6.35. The number of carbonyl (C=O) groups is 1. The number of amides is 1. The van der Waals surface area contributed by atoms with Gasteiger partial charge in [0.25, 0.3) is 5.92 Å². The number of rotatable bonds is 3. The highest BCUT2D eigenvalue weighted by Gasteiger charge is 2.46. The van der Waals surface area contributed by atoms with Gasteiger partial charge in [-0.25, -0.2) is 8.78 Å². The number of hydrogen-bond acceptors (Lipinski definition) is 3. The van der Waals surface area contributed by atoms with Crippen LogP contribution in [0.2, 0.25) is 0 Å². The van der Waals surface area contributed by atoms with Gasteiger partial charge in [0.05, 0.1) is 12.6 Å². The lowest BCUT2D eigenvalue weighted by Crippen LogP contribution is -2.60. The van der Waals surface area contributed by atoms with Crippen LogP contribution in [0.25, 0.3) is 0 Å². The molecule has 1 unspecified atom stereocenters. The quantitative estimate of drug-likeness (QED) is 0.851. The van der Waals surface area contributed by atoms with E-state index in [2.05, 4.69) is 17.1 Å². The van der Waals surface area contributed by atoms with E-state index in [9.17, 15) is 13.6 Å². The van der Waals surface area contributed by atoms with Crippen LogP contribution in [0.4, 0.5) is 8.78 Å². The fourth-order valence-electron chi connectivity index (χ4n) is 3.30. The van der Waals surface area contributed by atoms with Crippen molar-refractivity contribution in [3.8, 4) is 0 Å². The fraction of sp³-hybridized carbons (Fsp3) is 0.929. The standard InChI is InChI=1S/C14H25F2N3O/c1-3-18-7-4-12(5-8-18)19-9-6-13(17-11(2)20)14(15,16)10-19/h12-13H,3-10H2,1-2H3,(H,17,20). The molecule has 0 spiro atoms. The molecule has 2 fully saturated rings. The molecule has 20 heavy (non-hydrogen) atoms. The van der Waals surface area contributed by atoms with Crippen LogP contribution in [-0.4, -0.2) is 66.4 Å². The minimum absolute atomic E-state index is 0.227. The fourth-order valence-corrected chi connectivity index (χ4v) is 3.30. The van der Waals surface area contributed by atoms with Gasteiger partial charge in [0, 0.05) is 19.5 Å². The Balaban J connectivity index is 1.89. The van der Waals surface area contributed by atoms with E-state index in [4.69, 9.17) is 0 Å². The summed E-state index contributed by atoms with van der Waals surface area (Å²) in [6.45, 7) is 6.88. The topological polar surface area (TPSA) is 35.6 Å². The summed E-state index contributed by atoms with van der Waals surface area (Å²) in [5, 5.41) is 2.39. The second-order valence-electron chi connectivity index (χ2n) is 5.94. The van der Waals surface area contributed by atoms with Gasteiger partial charge in [0.15, 0.2) is 0 Å². The first-order valence-corrected chi connectivity index (χ1v) is 7.53. The maximum absolute atomic E-state index is 14.1. The first kappa shape index (κ1) is 15.6. The van der Waals surface area contributed by atoms with Gasteiger partial charge in [-0.05, 0) is 38.9 Å². The van der Waals surface area contributed by atoms with Crippen molar-refractivity contribution in [2.45, 2.75) is 51.1 Å². The Bertz CT molecular complexity index is 343. The summed E-state index contributed by atoms with van der Waals surface area (Å²) in [5.74, 6) is -3.20. The second-order valence-corrected chi connectivity index (χ2v) is 5.94. The van der Waals surface area contributed by atoms with Crippen molar-refractivity contribution in [2.24, 2.45) is 0 Å². The molecular weight excluding hydrogens is 264 g/mol. The first-order valence-electron chi connectivity index (χ1n) is 7.53. The summed E-state index contributed by atoms with van der Waals surface area (Å²) in [5.41, 5.74) is 0. The number of likely N-dealkylation sites (tertiary alicyclic amines) is 2. The number of carbonyl (C=O) groups excluding carboxylic acids is 1. The number of piperidine rings is 2. The molecule has 1 N–H and O–H groups in total. The molecule has 4 nitrogen and oxygen atoms in total. The van der Waals surface area contributed by atoms with Gasteiger partial charge >= 0.3 is 0 Å². The average molecular weight is 289 g/mol. The van der Waals surface area contributed by atoms with E-state index in [-0.39, 0.29) is 18.5 Å². The van der Waals surface area contributed by atoms with Crippen LogP contribution < -0.4 is 5.32 Å². The van der Waals surface area contributed by atoms with E-state index in [1.165, 1.54) is 6.92 Å². The Morgan fingerprint density at radius 3 is 2.40 bits per heavy atom. The zero-order valence-electron chi connectivity index (χ0n) is 12.4. The van der Waals surface area contributed by atoms with Crippen LogP contribution in [0.5, 0.6) is 0 Å². The minimum atomic E-state index is -2.83. The normalized spacial score (nSPS) is 29.3. The first-order chi connectivity index (χ1) is 9.42. The van der Waals surface area contributed by atoms with E-state index in [0.29, 0.717) is 13.0 Å². The lowest BCUT2D eigenvalue weighted by atomic mass is 9.95. The van der Waals surface area contributed by atoms with Gasteiger partial charge < -0.3 is 10.2 Å². The van der Waals surface area contributed by atoms with Gasteiger partial charge in [-0.3, -0.25) is 9.69 Å². The van der Waals surface area contributed by atoms with Gasteiger partial charge in [-0.1, -0.05) is 6.92 Å². The highest BCUT2D eigenvalue weighted by Crippen LogP contribution is 2.30. The van der Waals surface area contributed by atoms with Crippen LogP contribution in [0.3, 0.4) is 0 Å². The minimum Gasteiger partial charge on any atom is -0.347 e. The molecule has 0 radical (unpaired) electrons. The molecule has 2 aliphatic heterocycles. The zero-order valence-corrected chi connectivity index (χ0v) is 12.4. The highest BCUT2D eigenvalue weighted by molar-refractivity contribution is 5.73. The van der Waals surface area contributed by atoms with Crippen molar-refractivity contribution in [3.05, 3.63) is 0 Å². The monoisotopic (exact) mass is 289 g/mol. The molecule has 6 heteroatoms. The largest absolute Gasteiger partial charge is 0.347 e. The van der Waals surface area contributed by atoms with Crippen molar-refractivity contribution >= 4 is 5.91 Å². The van der Waals surface area contributed by atoms with Crippen LogP contribution in [0.1, 0.15) is 33.1 Å². The van der Waals surface area contributed by atoms with E-state index in [1.54, 1.807) is 0 Å². The molecule has 0 aromatic carbocycles. The van der Waals surface area contributed by atoms with Crippen molar-refractivity contribution in [2.75, 3.05) is 32.7 Å². The Morgan fingerprint density at radius 1 is 1.25 bits per heavy atom. The maximum atomic E-state index is 14.1. The van der Waals surface area contributed by atoms with E-state index in [0.717, 1.165) is 32.5 Å². The summed E-state index contributed by atoms with van der Waals surface area (Å²) in [7, 11) is 0. The van der Waals surface area contributed by atoms with E-state index < -0.39 is 12.0 Å². The van der Waals surface area contributed by atoms with Gasteiger partial charge in [-0.15, -0.1) is 0 Å². The van der Waals surface area contributed by atoms with Gasteiger partial charge in [-0.2, -0.15) is 0 Å². The van der Waals surface area contributed by atoms with Crippen LogP contribution in [-0.2, 0) is 4.79 Å². The molecule has 2 heterocycles. The Kier molecular flexibility index (Phi) is 4.96. The Hall–Kier alpha value is -0.750. The average Bonchev–Trinajstić information content (AvgIpc) is 2.40. The molecule has 116 valence electrons. The summed E-state index contributed by atoms with van der Waals surface area (Å²) in [6.07, 6.45) is 2.27. The number of halogens is 2. The molecule has 0 aromatic rings. The molecule has 0 bridgehead atoms. The van der Waals surface area contributed by atoms with Crippen LogP contribution >= 0.6 is 0 Å². The summed E-state index contributed by atoms with van der Waals surface area (Å²) in [6, 6.07) is -0.742. The van der Waals surface area contributed by atoms with Crippen molar-refractivity contribution in [3.63, 3.8) is 0 Å². The maximum Gasteiger partial charge on any atom is 0.280 e. The predicted molar refractivity (Wildman–Crippen MR) is 73.9 cm³/mol. The molecule has 0 aliphatic carbocycles. The molecule has 0 saturated carbocycles. The summed E-state index contributed by atoms with van der Waals surface area (Å²) in [4.78, 5) is 15.3. The number of hydrogen-bond donors (Lipinski definition) is 1. The van der Waals surface area contributed by atoms with Crippen molar-refractivity contribution in [1.29, 1.82) is 0 Å².